The molecular formula is C21H27FN4O2S. The summed E-state index contributed by atoms with van der Waals surface area (Å²) in [5.41, 5.74) is -0.147. The lowest BCUT2D eigenvalue weighted by molar-refractivity contribution is -0.128. The van der Waals surface area contributed by atoms with Crippen molar-refractivity contribution in [1.82, 2.24) is 19.8 Å². The van der Waals surface area contributed by atoms with Crippen molar-refractivity contribution in [2.75, 3.05) is 0 Å². The number of carbonyl (C=O) groups is 2. The minimum atomic E-state index is -1.08. The Hall–Kier alpha value is -2.35. The minimum absolute atomic E-state index is 0.159. The fourth-order valence-corrected chi connectivity index (χ4v) is 4.23. The van der Waals surface area contributed by atoms with Gasteiger partial charge < -0.3 is 10.2 Å². The van der Waals surface area contributed by atoms with Gasteiger partial charge in [-0.2, -0.15) is 0 Å². The van der Waals surface area contributed by atoms with E-state index in [9.17, 15) is 14.0 Å². The number of nitrogens with zero attached hydrogens (tertiary/aromatic N) is 3. The Balaban J connectivity index is 2.09. The summed E-state index contributed by atoms with van der Waals surface area (Å²) in [6.07, 6.45) is 4.58. The fourth-order valence-electron chi connectivity index (χ4n) is 3.80. The van der Waals surface area contributed by atoms with Crippen molar-refractivity contribution in [3.05, 3.63) is 46.7 Å². The van der Waals surface area contributed by atoms with Gasteiger partial charge in [0.25, 0.3) is 5.91 Å². The molecule has 0 radical (unpaired) electrons. The molecule has 0 unspecified atom stereocenters. The highest BCUT2D eigenvalue weighted by Gasteiger charge is 2.40. The van der Waals surface area contributed by atoms with E-state index < -0.39 is 23.3 Å². The molecule has 1 saturated carbocycles. The molecule has 29 heavy (non-hydrogen) atoms. The number of aromatic nitrogens is 2. The Morgan fingerprint density at radius 3 is 2.48 bits per heavy atom. The number of halogens is 1. The lowest BCUT2D eigenvalue weighted by atomic mass is 9.90. The van der Waals surface area contributed by atoms with Crippen LogP contribution in [0, 0.1) is 5.82 Å². The van der Waals surface area contributed by atoms with Gasteiger partial charge in [-0.25, -0.2) is 4.39 Å². The van der Waals surface area contributed by atoms with Crippen LogP contribution in [0.25, 0.3) is 0 Å². The molecule has 0 bridgehead atoms. The SMILES string of the molecule is CC(C)(C)NC(=O)[C@H](c1ccccc1F)N(C(=O)c1csnn1)C1CCCCC1. The summed E-state index contributed by atoms with van der Waals surface area (Å²) in [4.78, 5) is 28.3. The van der Waals surface area contributed by atoms with Gasteiger partial charge in [0, 0.05) is 22.5 Å². The third-order valence-corrected chi connectivity index (χ3v) is 5.51. The van der Waals surface area contributed by atoms with Crippen molar-refractivity contribution in [1.29, 1.82) is 0 Å². The van der Waals surface area contributed by atoms with Crippen molar-refractivity contribution >= 4 is 23.3 Å². The zero-order chi connectivity index (χ0) is 21.0. The molecular weight excluding hydrogens is 391 g/mol. The predicted octanol–water partition coefficient (Wildman–Crippen LogP) is 4.11. The maximum atomic E-state index is 14.8. The van der Waals surface area contributed by atoms with Gasteiger partial charge in [0.05, 0.1) is 0 Å². The third kappa shape index (κ3) is 5.18. The summed E-state index contributed by atoms with van der Waals surface area (Å²) in [7, 11) is 0. The lowest BCUT2D eigenvalue weighted by Crippen LogP contribution is -2.53. The van der Waals surface area contributed by atoms with Gasteiger partial charge in [-0.3, -0.25) is 9.59 Å². The number of amides is 2. The summed E-state index contributed by atoms with van der Waals surface area (Å²) < 4.78 is 18.6. The van der Waals surface area contributed by atoms with Gasteiger partial charge in [0.15, 0.2) is 5.69 Å². The second-order valence-corrected chi connectivity index (χ2v) is 9.07. The van der Waals surface area contributed by atoms with Crippen LogP contribution in [0.1, 0.15) is 75.0 Å². The van der Waals surface area contributed by atoms with Crippen molar-refractivity contribution in [2.45, 2.75) is 70.5 Å². The number of carbonyl (C=O) groups excluding carboxylic acids is 2. The molecule has 1 aliphatic rings. The van der Waals surface area contributed by atoms with Gasteiger partial charge in [-0.05, 0) is 51.2 Å². The van der Waals surface area contributed by atoms with E-state index in [4.69, 9.17) is 0 Å². The van der Waals surface area contributed by atoms with E-state index in [1.807, 2.05) is 20.8 Å². The topological polar surface area (TPSA) is 75.2 Å². The first kappa shape index (κ1) is 21.4. The van der Waals surface area contributed by atoms with Gasteiger partial charge in [0.2, 0.25) is 5.91 Å². The first-order valence-electron chi connectivity index (χ1n) is 9.94. The zero-order valence-corrected chi connectivity index (χ0v) is 17.8. The normalized spacial score (nSPS) is 16.3. The van der Waals surface area contributed by atoms with Crippen LogP contribution in [-0.2, 0) is 4.79 Å². The highest BCUT2D eigenvalue weighted by Crippen LogP contribution is 2.33. The second-order valence-electron chi connectivity index (χ2n) is 8.46. The first-order chi connectivity index (χ1) is 13.8. The van der Waals surface area contributed by atoms with Crippen LogP contribution in [0.4, 0.5) is 4.39 Å². The predicted molar refractivity (Wildman–Crippen MR) is 110 cm³/mol. The molecule has 6 nitrogen and oxygen atoms in total. The van der Waals surface area contributed by atoms with Crippen LogP contribution in [0.5, 0.6) is 0 Å². The van der Waals surface area contributed by atoms with E-state index >= 15 is 0 Å². The molecule has 8 heteroatoms. The van der Waals surface area contributed by atoms with E-state index in [2.05, 4.69) is 14.9 Å². The highest BCUT2D eigenvalue weighted by molar-refractivity contribution is 7.03. The molecule has 1 heterocycles. The highest BCUT2D eigenvalue weighted by atomic mass is 32.1. The Kier molecular flexibility index (Phi) is 6.62. The van der Waals surface area contributed by atoms with E-state index in [1.54, 1.807) is 23.6 Å². The maximum Gasteiger partial charge on any atom is 0.276 e. The monoisotopic (exact) mass is 418 g/mol. The Labute approximate surface area is 174 Å². The molecule has 1 aromatic heterocycles. The Bertz CT molecular complexity index is 845. The lowest BCUT2D eigenvalue weighted by Gasteiger charge is -2.40. The quantitative estimate of drug-likeness (QED) is 0.793. The average molecular weight is 419 g/mol. The Morgan fingerprint density at radius 2 is 1.90 bits per heavy atom. The zero-order valence-electron chi connectivity index (χ0n) is 17.0. The van der Waals surface area contributed by atoms with E-state index in [0.29, 0.717) is 0 Å². The maximum absolute atomic E-state index is 14.8. The van der Waals surface area contributed by atoms with Crippen molar-refractivity contribution in [2.24, 2.45) is 0 Å². The molecule has 3 rings (SSSR count). The molecule has 0 saturated heterocycles. The number of hydrogen-bond acceptors (Lipinski definition) is 5. The van der Waals surface area contributed by atoms with Crippen LogP contribution in [0.15, 0.2) is 29.6 Å². The Morgan fingerprint density at radius 1 is 1.21 bits per heavy atom. The van der Waals surface area contributed by atoms with Crippen LogP contribution < -0.4 is 5.32 Å². The number of nitrogens with one attached hydrogen (secondary N) is 1. The molecule has 1 fully saturated rings. The summed E-state index contributed by atoms with van der Waals surface area (Å²) in [6.45, 7) is 5.58. The van der Waals surface area contributed by atoms with Crippen molar-refractivity contribution in [3.8, 4) is 0 Å². The molecule has 1 aromatic carbocycles. The second kappa shape index (κ2) is 8.98. The molecule has 1 aliphatic carbocycles. The van der Waals surface area contributed by atoms with E-state index in [0.717, 1.165) is 43.6 Å². The van der Waals surface area contributed by atoms with Crippen LogP contribution in [-0.4, -0.2) is 37.9 Å². The largest absolute Gasteiger partial charge is 0.349 e. The molecule has 156 valence electrons. The molecule has 2 amide bonds. The van der Waals surface area contributed by atoms with E-state index in [1.165, 1.54) is 11.0 Å². The summed E-state index contributed by atoms with van der Waals surface area (Å²) in [5, 5.41) is 8.42. The fraction of sp³-hybridized carbons (Fsp3) is 0.524. The van der Waals surface area contributed by atoms with Crippen LogP contribution in [0.3, 0.4) is 0 Å². The summed E-state index contributed by atoms with van der Waals surface area (Å²) >= 11 is 1.08. The van der Waals surface area contributed by atoms with Gasteiger partial charge in [-0.1, -0.05) is 41.9 Å². The number of benzene rings is 1. The molecule has 0 aliphatic heterocycles. The smallest absolute Gasteiger partial charge is 0.276 e. The number of rotatable bonds is 5. The average Bonchev–Trinajstić information content (AvgIpc) is 3.20. The van der Waals surface area contributed by atoms with Crippen LogP contribution >= 0.6 is 11.5 Å². The minimum Gasteiger partial charge on any atom is -0.349 e. The molecule has 2 aromatic rings. The molecule has 0 spiro atoms. The number of hydrogen-bond donors (Lipinski definition) is 1. The molecule has 1 N–H and O–H groups in total. The molecule has 1 atom stereocenters. The van der Waals surface area contributed by atoms with Gasteiger partial charge in [-0.15, -0.1) is 5.10 Å². The first-order valence-corrected chi connectivity index (χ1v) is 10.8. The standard InChI is InChI=1S/C21H27FN4O2S/c1-21(2,3)23-19(27)18(15-11-7-8-12-16(15)22)26(14-9-5-4-6-10-14)20(28)17-13-29-25-24-17/h7-8,11-14,18H,4-6,9-10H2,1-3H3,(H,23,27)/t18-/m0/s1. The summed E-state index contributed by atoms with van der Waals surface area (Å²) in [6, 6.07) is 4.92. The summed E-state index contributed by atoms with van der Waals surface area (Å²) in [5.74, 6) is -1.29. The van der Waals surface area contributed by atoms with Crippen LogP contribution in [0.2, 0.25) is 0 Å². The van der Waals surface area contributed by atoms with Crippen molar-refractivity contribution in [3.63, 3.8) is 0 Å². The van der Waals surface area contributed by atoms with Gasteiger partial charge >= 0.3 is 0 Å². The van der Waals surface area contributed by atoms with Gasteiger partial charge in [0.1, 0.15) is 11.9 Å². The van der Waals surface area contributed by atoms with Crippen molar-refractivity contribution < 1.29 is 14.0 Å². The van der Waals surface area contributed by atoms with E-state index in [-0.39, 0.29) is 23.2 Å². The third-order valence-electron chi connectivity index (χ3n) is 5.01.